The minimum Gasteiger partial charge on any atom is -0.350 e. The summed E-state index contributed by atoms with van der Waals surface area (Å²) in [6.45, 7) is 0. The predicted octanol–water partition coefficient (Wildman–Crippen LogP) is 3.91. The van der Waals surface area contributed by atoms with Gasteiger partial charge in [0.25, 0.3) is 11.9 Å². The van der Waals surface area contributed by atoms with Crippen LogP contribution in [0.2, 0.25) is 5.02 Å². The number of nitrogens with zero attached hydrogens (tertiary/aromatic N) is 1. The highest BCUT2D eigenvalue weighted by Crippen LogP contribution is 2.28. The van der Waals surface area contributed by atoms with Crippen LogP contribution in [-0.4, -0.2) is 15.4 Å². The van der Waals surface area contributed by atoms with Gasteiger partial charge in [-0.1, -0.05) is 11.6 Å². The smallest absolute Gasteiger partial charge is 0.253 e. The second-order valence-corrected chi connectivity index (χ2v) is 6.19. The number of benzene rings is 1. The van der Waals surface area contributed by atoms with E-state index in [1.54, 1.807) is 0 Å². The molecule has 1 atom stereocenters. The molecule has 0 radical (unpaired) electrons. The first-order chi connectivity index (χ1) is 10.3. The molecule has 0 aliphatic rings. The van der Waals surface area contributed by atoms with Gasteiger partial charge in [0.2, 0.25) is 11.6 Å². The molecule has 1 aromatic heterocycles. The first kappa shape index (κ1) is 16.7. The molecule has 3 nitrogen and oxygen atoms in total. The van der Waals surface area contributed by atoms with Crippen molar-refractivity contribution in [3.8, 4) is 0 Å². The molecule has 0 spiro atoms. The van der Waals surface area contributed by atoms with Gasteiger partial charge < -0.3 is 5.32 Å². The molecule has 0 bridgehead atoms. The highest BCUT2D eigenvalue weighted by atomic mass is 35.5. The molecule has 2 aromatic rings. The minimum atomic E-state index is -1.76. The van der Waals surface area contributed by atoms with Crippen LogP contribution >= 0.6 is 11.6 Å². The Bertz CT molecular complexity index is 731. The average Bonchev–Trinajstić information content (AvgIpc) is 2.44. The highest BCUT2D eigenvalue weighted by molar-refractivity contribution is 7.83. The van der Waals surface area contributed by atoms with E-state index >= 15 is 0 Å². The van der Waals surface area contributed by atoms with Crippen molar-refractivity contribution < 1.29 is 21.8 Å². The fourth-order valence-electron chi connectivity index (χ4n) is 1.72. The van der Waals surface area contributed by atoms with Gasteiger partial charge in [-0.05, 0) is 23.8 Å². The summed E-state index contributed by atoms with van der Waals surface area (Å²) < 4.78 is 64.4. The Balaban J connectivity index is 2.42. The van der Waals surface area contributed by atoms with E-state index in [2.05, 4.69) is 10.3 Å². The Morgan fingerprint density at radius 3 is 2.32 bits per heavy atom. The lowest BCUT2D eigenvalue weighted by Crippen LogP contribution is -2.06. The van der Waals surface area contributed by atoms with Crippen molar-refractivity contribution in [2.75, 3.05) is 11.6 Å². The molecule has 0 saturated carbocycles. The Morgan fingerprint density at radius 2 is 1.77 bits per heavy atom. The van der Waals surface area contributed by atoms with Crippen molar-refractivity contribution in [3.05, 3.63) is 52.3 Å². The lowest BCUT2D eigenvalue weighted by Gasteiger charge is -2.11. The van der Waals surface area contributed by atoms with Crippen LogP contribution in [-0.2, 0) is 16.6 Å². The maximum Gasteiger partial charge on any atom is 0.253 e. The van der Waals surface area contributed by atoms with E-state index in [0.29, 0.717) is 10.6 Å². The van der Waals surface area contributed by atoms with Gasteiger partial charge in [-0.2, -0.15) is 22.5 Å². The molecule has 0 aliphatic heterocycles. The van der Waals surface area contributed by atoms with Gasteiger partial charge in [0.05, 0.1) is 0 Å². The van der Waals surface area contributed by atoms with Crippen molar-refractivity contribution in [2.45, 2.75) is 5.75 Å². The molecule has 0 amide bonds. The first-order valence-corrected chi connectivity index (χ1v) is 7.95. The third kappa shape index (κ3) is 3.56. The molecule has 1 unspecified atom stereocenters. The van der Waals surface area contributed by atoms with E-state index in [-0.39, 0.29) is 11.4 Å². The standard InChI is InChI=1S/C13H9ClF4N2OS/c1-22(21)5-6-4-7(2-3-8(6)14)19-11-9(15)12(17)20-13(18)10(11)16/h2-4H,5H2,1H3,(H,19,20). The number of hydrogen-bond donors (Lipinski definition) is 1. The molecule has 0 aliphatic carbocycles. The van der Waals surface area contributed by atoms with Crippen LogP contribution < -0.4 is 5.32 Å². The lowest BCUT2D eigenvalue weighted by molar-refractivity contribution is 0.411. The number of pyridine rings is 1. The van der Waals surface area contributed by atoms with Gasteiger partial charge in [-0.25, -0.2) is 0 Å². The largest absolute Gasteiger partial charge is 0.350 e. The quantitative estimate of drug-likeness (QED) is 0.670. The van der Waals surface area contributed by atoms with Crippen LogP contribution in [0.3, 0.4) is 0 Å². The normalized spacial score (nSPS) is 12.3. The van der Waals surface area contributed by atoms with Gasteiger partial charge in [0.1, 0.15) is 5.69 Å². The van der Waals surface area contributed by atoms with E-state index in [4.69, 9.17) is 11.6 Å². The Kier molecular flexibility index (Phi) is 5.02. The van der Waals surface area contributed by atoms with Gasteiger partial charge >= 0.3 is 0 Å². The summed E-state index contributed by atoms with van der Waals surface area (Å²) in [5, 5.41) is 2.55. The number of anilines is 2. The zero-order valence-electron chi connectivity index (χ0n) is 11.1. The summed E-state index contributed by atoms with van der Waals surface area (Å²) in [7, 11) is -1.19. The van der Waals surface area contributed by atoms with Crippen LogP contribution in [0.15, 0.2) is 18.2 Å². The second kappa shape index (κ2) is 6.62. The van der Waals surface area contributed by atoms with Crippen LogP contribution in [0.4, 0.5) is 28.9 Å². The van der Waals surface area contributed by atoms with Crippen molar-refractivity contribution >= 4 is 33.8 Å². The van der Waals surface area contributed by atoms with Gasteiger partial charge in [-0.15, -0.1) is 0 Å². The molecule has 0 saturated heterocycles. The number of halogens is 5. The van der Waals surface area contributed by atoms with Crippen LogP contribution in [0.25, 0.3) is 0 Å². The van der Waals surface area contributed by atoms with E-state index in [1.807, 2.05) is 0 Å². The summed E-state index contributed by atoms with van der Waals surface area (Å²) in [5.74, 6) is -6.68. The SMILES string of the molecule is CS(=O)Cc1cc(Nc2c(F)c(F)nc(F)c2F)ccc1Cl. The monoisotopic (exact) mass is 352 g/mol. The maximum atomic E-state index is 13.5. The summed E-state index contributed by atoms with van der Waals surface area (Å²) in [6.07, 6.45) is 1.46. The van der Waals surface area contributed by atoms with E-state index in [9.17, 15) is 21.8 Å². The van der Waals surface area contributed by atoms with E-state index in [0.717, 1.165) is 0 Å². The zero-order chi connectivity index (χ0) is 16.4. The zero-order valence-corrected chi connectivity index (χ0v) is 12.7. The fourth-order valence-corrected chi connectivity index (χ4v) is 2.66. The Morgan fingerprint density at radius 1 is 1.18 bits per heavy atom. The van der Waals surface area contributed by atoms with Gasteiger partial charge in [-0.3, -0.25) is 4.21 Å². The predicted molar refractivity (Wildman–Crippen MR) is 76.6 cm³/mol. The number of hydrogen-bond acceptors (Lipinski definition) is 3. The summed E-state index contributed by atoms with van der Waals surface area (Å²) in [5.41, 5.74) is -0.410. The molecule has 1 aromatic carbocycles. The topological polar surface area (TPSA) is 42.0 Å². The Hall–Kier alpha value is -1.67. The van der Waals surface area contributed by atoms with Gasteiger partial charge in [0, 0.05) is 33.5 Å². The molecule has 22 heavy (non-hydrogen) atoms. The van der Waals surface area contributed by atoms with Crippen molar-refractivity contribution in [3.63, 3.8) is 0 Å². The van der Waals surface area contributed by atoms with Crippen LogP contribution in [0.5, 0.6) is 0 Å². The van der Waals surface area contributed by atoms with Crippen LogP contribution in [0.1, 0.15) is 5.56 Å². The molecule has 118 valence electrons. The van der Waals surface area contributed by atoms with Crippen molar-refractivity contribution in [2.24, 2.45) is 0 Å². The molecule has 0 fully saturated rings. The maximum absolute atomic E-state index is 13.5. The van der Waals surface area contributed by atoms with E-state index < -0.39 is 40.0 Å². The van der Waals surface area contributed by atoms with Crippen molar-refractivity contribution in [1.29, 1.82) is 0 Å². The Labute approximate surface area is 130 Å². The molecule has 1 N–H and O–H groups in total. The van der Waals surface area contributed by atoms with Crippen LogP contribution in [0, 0.1) is 23.5 Å². The fraction of sp³-hybridized carbons (Fsp3) is 0.154. The average molecular weight is 353 g/mol. The molecular formula is C13H9ClF4N2OS. The minimum absolute atomic E-state index is 0.123. The third-order valence-corrected chi connectivity index (χ3v) is 3.76. The molecular weight excluding hydrogens is 344 g/mol. The van der Waals surface area contributed by atoms with E-state index in [1.165, 1.54) is 24.5 Å². The number of aromatic nitrogens is 1. The third-order valence-electron chi connectivity index (χ3n) is 2.67. The lowest BCUT2D eigenvalue weighted by atomic mass is 10.2. The van der Waals surface area contributed by atoms with Gasteiger partial charge in [0.15, 0.2) is 0 Å². The summed E-state index contributed by atoms with van der Waals surface area (Å²) >= 11 is 5.92. The van der Waals surface area contributed by atoms with Crippen molar-refractivity contribution in [1.82, 2.24) is 4.98 Å². The first-order valence-electron chi connectivity index (χ1n) is 5.85. The number of rotatable bonds is 4. The molecule has 2 rings (SSSR count). The molecule has 1 heterocycles. The highest BCUT2D eigenvalue weighted by Gasteiger charge is 2.21. The summed E-state index contributed by atoms with van der Waals surface area (Å²) in [4.78, 5) is 2.46. The second-order valence-electron chi connectivity index (χ2n) is 4.35. The summed E-state index contributed by atoms with van der Waals surface area (Å²) in [6, 6.07) is 4.16. The molecule has 9 heteroatoms. The number of nitrogens with one attached hydrogen (secondary N) is 1.